The number of fused-ring (bicyclic) bond motifs is 9. The molecule has 0 unspecified atom stereocenters. The SMILES string of the molecule is c1ccc(-c2cccc3c2oc2ccc(-c4ccc(N(c5ccc6c(c5)oc5ccccc56)c5ccc6ccc7ccccc7c6c5)cc4)cc23)cc1. The molecule has 248 valence electrons. The molecule has 2 aromatic heterocycles. The van der Waals surface area contributed by atoms with Gasteiger partial charge in [-0.3, -0.25) is 0 Å². The van der Waals surface area contributed by atoms with E-state index in [0.717, 1.165) is 83.2 Å². The molecule has 3 heteroatoms. The van der Waals surface area contributed by atoms with Gasteiger partial charge in [0.1, 0.15) is 22.3 Å². The standard InChI is InChI=1S/C50H31NO2/c1-2-9-33(10-3-1)41-14-8-15-44-46-29-36(22-28-48(46)53-50(41)44)32-19-23-37(24-20-32)51(39-26-27-43-42-13-6-7-16-47(42)52-49(43)31-39)38-25-21-35-18-17-34-11-4-5-12-40(34)45(35)30-38/h1-31H. The zero-order valence-corrected chi connectivity index (χ0v) is 28.7. The van der Waals surface area contributed by atoms with Crippen molar-refractivity contribution in [2.45, 2.75) is 0 Å². The van der Waals surface area contributed by atoms with Crippen LogP contribution >= 0.6 is 0 Å². The summed E-state index contributed by atoms with van der Waals surface area (Å²) in [5.41, 5.74) is 11.3. The molecular weight excluding hydrogens is 647 g/mol. The van der Waals surface area contributed by atoms with Gasteiger partial charge in [0.05, 0.1) is 0 Å². The fourth-order valence-electron chi connectivity index (χ4n) is 8.06. The van der Waals surface area contributed by atoms with Gasteiger partial charge in [-0.1, -0.05) is 127 Å². The molecule has 0 bridgehead atoms. The number of anilines is 3. The highest BCUT2D eigenvalue weighted by Crippen LogP contribution is 2.42. The summed E-state index contributed by atoms with van der Waals surface area (Å²) in [6.45, 7) is 0. The summed E-state index contributed by atoms with van der Waals surface area (Å²) in [4.78, 5) is 2.33. The molecule has 0 fully saturated rings. The largest absolute Gasteiger partial charge is 0.456 e. The fraction of sp³-hybridized carbons (Fsp3) is 0. The third kappa shape index (κ3) is 4.82. The molecule has 0 aliphatic heterocycles. The number of furan rings is 2. The van der Waals surface area contributed by atoms with E-state index < -0.39 is 0 Å². The van der Waals surface area contributed by atoms with Gasteiger partial charge in [-0.25, -0.2) is 0 Å². The summed E-state index contributed by atoms with van der Waals surface area (Å²) in [7, 11) is 0. The van der Waals surface area contributed by atoms with E-state index in [-0.39, 0.29) is 0 Å². The Morgan fingerprint density at radius 2 is 0.943 bits per heavy atom. The summed E-state index contributed by atoms with van der Waals surface area (Å²) in [5, 5.41) is 9.39. The van der Waals surface area contributed by atoms with Gasteiger partial charge in [0, 0.05) is 50.2 Å². The topological polar surface area (TPSA) is 29.5 Å². The van der Waals surface area contributed by atoms with E-state index in [2.05, 4.69) is 175 Å². The van der Waals surface area contributed by atoms with Crippen LogP contribution in [0.2, 0.25) is 0 Å². The van der Waals surface area contributed by atoms with E-state index in [1.165, 1.54) is 21.5 Å². The van der Waals surface area contributed by atoms with Crippen LogP contribution in [0.4, 0.5) is 17.1 Å². The molecule has 0 N–H and O–H groups in total. The maximum absolute atomic E-state index is 6.47. The minimum Gasteiger partial charge on any atom is -0.456 e. The zero-order valence-electron chi connectivity index (χ0n) is 28.7. The van der Waals surface area contributed by atoms with Gasteiger partial charge in [0.25, 0.3) is 0 Å². The molecule has 0 amide bonds. The Morgan fingerprint density at radius 1 is 0.302 bits per heavy atom. The first-order valence-electron chi connectivity index (χ1n) is 18.0. The first kappa shape index (κ1) is 29.6. The number of hydrogen-bond donors (Lipinski definition) is 0. The highest BCUT2D eigenvalue weighted by atomic mass is 16.3. The molecule has 53 heavy (non-hydrogen) atoms. The number of nitrogens with zero attached hydrogens (tertiary/aromatic N) is 1. The van der Waals surface area contributed by atoms with Crippen molar-refractivity contribution in [2.24, 2.45) is 0 Å². The second kappa shape index (κ2) is 11.7. The molecule has 0 aliphatic carbocycles. The molecule has 9 aromatic carbocycles. The van der Waals surface area contributed by atoms with E-state index in [0.29, 0.717) is 0 Å². The smallest absolute Gasteiger partial charge is 0.143 e. The van der Waals surface area contributed by atoms with Crippen molar-refractivity contribution in [3.63, 3.8) is 0 Å². The lowest BCUT2D eigenvalue weighted by molar-refractivity contribution is 0.669. The van der Waals surface area contributed by atoms with E-state index in [4.69, 9.17) is 8.83 Å². The van der Waals surface area contributed by atoms with Crippen molar-refractivity contribution in [3.05, 3.63) is 188 Å². The van der Waals surface area contributed by atoms with Gasteiger partial charge in [-0.05, 0) is 92.8 Å². The lowest BCUT2D eigenvalue weighted by atomic mass is 9.99. The van der Waals surface area contributed by atoms with Gasteiger partial charge >= 0.3 is 0 Å². The first-order chi connectivity index (χ1) is 26.2. The van der Waals surface area contributed by atoms with Gasteiger partial charge in [-0.15, -0.1) is 0 Å². The molecule has 0 aliphatic rings. The van der Waals surface area contributed by atoms with E-state index in [1.54, 1.807) is 0 Å². The lowest BCUT2D eigenvalue weighted by Gasteiger charge is -2.26. The van der Waals surface area contributed by atoms with Crippen molar-refractivity contribution in [3.8, 4) is 22.3 Å². The van der Waals surface area contributed by atoms with Gasteiger partial charge in [0.15, 0.2) is 0 Å². The summed E-state index contributed by atoms with van der Waals surface area (Å²) < 4.78 is 12.8. The van der Waals surface area contributed by atoms with E-state index in [9.17, 15) is 0 Å². The maximum atomic E-state index is 6.47. The molecule has 11 rings (SSSR count). The quantitative estimate of drug-likeness (QED) is 0.170. The van der Waals surface area contributed by atoms with Gasteiger partial charge < -0.3 is 13.7 Å². The van der Waals surface area contributed by atoms with Crippen LogP contribution in [0, 0.1) is 0 Å². The van der Waals surface area contributed by atoms with Crippen LogP contribution in [-0.4, -0.2) is 0 Å². The molecule has 0 atom stereocenters. The Labute approximate surface area is 305 Å². The third-order valence-electron chi connectivity index (χ3n) is 10.6. The lowest BCUT2D eigenvalue weighted by Crippen LogP contribution is -2.09. The number of hydrogen-bond acceptors (Lipinski definition) is 3. The normalized spacial score (nSPS) is 11.8. The Kier molecular flexibility index (Phi) is 6.55. The molecule has 2 heterocycles. The molecule has 0 saturated heterocycles. The van der Waals surface area contributed by atoms with Crippen LogP contribution in [0.1, 0.15) is 0 Å². The first-order valence-corrected chi connectivity index (χ1v) is 18.0. The Morgan fingerprint density at radius 3 is 1.83 bits per heavy atom. The van der Waals surface area contributed by atoms with Crippen molar-refractivity contribution in [2.75, 3.05) is 4.90 Å². The predicted molar refractivity (Wildman–Crippen MR) is 222 cm³/mol. The average molecular weight is 678 g/mol. The number of rotatable bonds is 5. The highest BCUT2D eigenvalue weighted by Gasteiger charge is 2.18. The second-order valence-corrected chi connectivity index (χ2v) is 13.7. The van der Waals surface area contributed by atoms with E-state index >= 15 is 0 Å². The molecule has 11 aromatic rings. The monoisotopic (exact) mass is 677 g/mol. The number of benzene rings is 9. The van der Waals surface area contributed by atoms with Crippen LogP contribution in [0.15, 0.2) is 197 Å². The summed E-state index contributed by atoms with van der Waals surface area (Å²) in [6, 6.07) is 66.8. The Hall–Kier alpha value is -7.10. The van der Waals surface area contributed by atoms with Crippen molar-refractivity contribution < 1.29 is 8.83 Å². The minimum atomic E-state index is 0.868. The van der Waals surface area contributed by atoms with Crippen LogP contribution in [0.25, 0.3) is 87.7 Å². The summed E-state index contributed by atoms with van der Waals surface area (Å²) in [5.74, 6) is 0. The number of para-hydroxylation sites is 2. The predicted octanol–water partition coefficient (Wildman–Crippen LogP) is 14.6. The fourth-order valence-corrected chi connectivity index (χ4v) is 8.06. The van der Waals surface area contributed by atoms with Crippen LogP contribution in [0.3, 0.4) is 0 Å². The van der Waals surface area contributed by atoms with Crippen LogP contribution in [0.5, 0.6) is 0 Å². The van der Waals surface area contributed by atoms with Gasteiger partial charge in [-0.2, -0.15) is 0 Å². The molecule has 0 saturated carbocycles. The Bertz CT molecular complexity index is 3170. The van der Waals surface area contributed by atoms with E-state index in [1.807, 2.05) is 18.2 Å². The second-order valence-electron chi connectivity index (χ2n) is 13.7. The van der Waals surface area contributed by atoms with Crippen molar-refractivity contribution in [1.29, 1.82) is 0 Å². The highest BCUT2D eigenvalue weighted by molar-refractivity contribution is 6.11. The van der Waals surface area contributed by atoms with Crippen LogP contribution in [-0.2, 0) is 0 Å². The molecule has 3 nitrogen and oxygen atoms in total. The molecule has 0 spiro atoms. The Balaban J connectivity index is 1.04. The molecular formula is C50H31NO2. The molecule has 0 radical (unpaired) electrons. The van der Waals surface area contributed by atoms with Crippen molar-refractivity contribution >= 4 is 82.5 Å². The third-order valence-corrected chi connectivity index (χ3v) is 10.6. The summed E-state index contributed by atoms with van der Waals surface area (Å²) in [6.07, 6.45) is 0. The van der Waals surface area contributed by atoms with Crippen molar-refractivity contribution in [1.82, 2.24) is 0 Å². The minimum absolute atomic E-state index is 0.868. The van der Waals surface area contributed by atoms with Gasteiger partial charge in [0.2, 0.25) is 0 Å². The summed E-state index contributed by atoms with van der Waals surface area (Å²) >= 11 is 0. The maximum Gasteiger partial charge on any atom is 0.143 e. The average Bonchev–Trinajstić information content (AvgIpc) is 3.79. The zero-order chi connectivity index (χ0) is 34.9. The van der Waals surface area contributed by atoms with Crippen LogP contribution < -0.4 is 4.90 Å².